The minimum atomic E-state index is -1.31. The summed E-state index contributed by atoms with van der Waals surface area (Å²) in [4.78, 5) is 42.5. The van der Waals surface area contributed by atoms with E-state index in [0.29, 0.717) is 42.6 Å². The number of amides is 2. The third kappa shape index (κ3) is 3.68. The molecular formula is C26H28N2O6S. The van der Waals surface area contributed by atoms with Gasteiger partial charge >= 0.3 is 5.97 Å². The molecule has 0 aliphatic carbocycles. The van der Waals surface area contributed by atoms with E-state index in [1.54, 1.807) is 30.0 Å². The lowest BCUT2D eigenvalue weighted by molar-refractivity contribution is -0.152. The van der Waals surface area contributed by atoms with Crippen molar-refractivity contribution in [3.8, 4) is 11.5 Å². The van der Waals surface area contributed by atoms with E-state index in [2.05, 4.69) is 5.32 Å². The number of carbonyl (C=O) groups is 3. The number of carbonyl (C=O) groups excluding carboxylic acids is 3. The van der Waals surface area contributed by atoms with Crippen LogP contribution in [0, 0.1) is 18.8 Å². The largest absolute Gasteiger partial charge is 0.486 e. The van der Waals surface area contributed by atoms with Gasteiger partial charge in [-0.25, -0.2) is 4.90 Å². The maximum Gasteiger partial charge on any atom is 0.326 e. The molecule has 9 heteroatoms. The van der Waals surface area contributed by atoms with Gasteiger partial charge in [0, 0.05) is 12.1 Å². The molecule has 2 saturated heterocycles. The summed E-state index contributed by atoms with van der Waals surface area (Å²) in [5.74, 6) is -1.24. The van der Waals surface area contributed by atoms with E-state index in [-0.39, 0.29) is 5.91 Å². The molecule has 5 rings (SSSR count). The molecule has 0 bridgehead atoms. The first-order valence-electron chi connectivity index (χ1n) is 11.6. The fourth-order valence-electron chi connectivity index (χ4n) is 5.60. The number of nitrogens with one attached hydrogen (secondary N) is 1. The molecule has 3 aliphatic heterocycles. The summed E-state index contributed by atoms with van der Waals surface area (Å²) in [5.41, 5.74) is 0.964. The number of ether oxygens (including phenoxy) is 3. The van der Waals surface area contributed by atoms with Gasteiger partial charge in [0.15, 0.2) is 11.5 Å². The molecule has 0 spiro atoms. The lowest BCUT2D eigenvalue weighted by atomic mass is 9.77. The minimum Gasteiger partial charge on any atom is -0.486 e. The number of fused-ring (bicyclic) bond motifs is 2. The highest BCUT2D eigenvalue weighted by molar-refractivity contribution is 7.98. The van der Waals surface area contributed by atoms with E-state index in [4.69, 9.17) is 14.2 Å². The summed E-state index contributed by atoms with van der Waals surface area (Å²) >= 11 is 1.58. The van der Waals surface area contributed by atoms with Crippen molar-refractivity contribution in [2.45, 2.75) is 24.9 Å². The summed E-state index contributed by atoms with van der Waals surface area (Å²) in [5, 5.41) is 3.43. The van der Waals surface area contributed by atoms with Crippen molar-refractivity contribution < 1.29 is 28.6 Å². The molecule has 0 saturated carbocycles. The normalized spacial score (nSPS) is 27.2. The van der Waals surface area contributed by atoms with Crippen molar-refractivity contribution in [2.24, 2.45) is 11.8 Å². The van der Waals surface area contributed by atoms with E-state index in [1.165, 1.54) is 12.0 Å². The average molecular weight is 497 g/mol. The predicted octanol–water partition coefficient (Wildman–Crippen LogP) is 2.88. The van der Waals surface area contributed by atoms with E-state index < -0.39 is 35.3 Å². The van der Waals surface area contributed by atoms with Crippen LogP contribution in [0.1, 0.15) is 23.6 Å². The summed E-state index contributed by atoms with van der Waals surface area (Å²) < 4.78 is 16.5. The van der Waals surface area contributed by atoms with Gasteiger partial charge in [-0.15, -0.1) is 0 Å². The third-order valence-electron chi connectivity index (χ3n) is 7.21. The van der Waals surface area contributed by atoms with Crippen LogP contribution in [0.15, 0.2) is 42.5 Å². The van der Waals surface area contributed by atoms with Crippen LogP contribution >= 0.6 is 11.8 Å². The van der Waals surface area contributed by atoms with Crippen molar-refractivity contribution in [1.82, 2.24) is 5.32 Å². The standard InChI is InChI=1S/C26H28N2O6S/c1-15-6-4-5-7-17(15)22-20-21(26(27-22,10-13-35-3)25(31)32-2)24(30)28(23(20)29)16-8-9-18-19(14-16)34-12-11-33-18/h4-9,14,20-22,27H,10-13H2,1-3H3/t20-,21-,22+,26-/m0/s1. The van der Waals surface area contributed by atoms with Gasteiger partial charge in [0.1, 0.15) is 18.8 Å². The molecule has 0 radical (unpaired) electrons. The molecular weight excluding hydrogens is 468 g/mol. The molecule has 3 heterocycles. The van der Waals surface area contributed by atoms with Gasteiger partial charge in [-0.2, -0.15) is 11.8 Å². The van der Waals surface area contributed by atoms with Crippen molar-refractivity contribution in [1.29, 1.82) is 0 Å². The minimum absolute atomic E-state index is 0.340. The number of benzene rings is 2. The zero-order valence-corrected chi connectivity index (χ0v) is 20.7. The van der Waals surface area contributed by atoms with Crippen LogP contribution in [0.5, 0.6) is 11.5 Å². The van der Waals surface area contributed by atoms with Crippen molar-refractivity contribution >= 4 is 35.2 Å². The molecule has 2 fully saturated rings. The van der Waals surface area contributed by atoms with Gasteiger partial charge in [-0.3, -0.25) is 19.7 Å². The Balaban J connectivity index is 1.63. The highest BCUT2D eigenvalue weighted by atomic mass is 32.2. The number of nitrogens with zero attached hydrogens (tertiary/aromatic N) is 1. The van der Waals surface area contributed by atoms with Crippen LogP contribution in [0.3, 0.4) is 0 Å². The fraction of sp³-hybridized carbons (Fsp3) is 0.423. The smallest absolute Gasteiger partial charge is 0.326 e. The number of hydrogen-bond acceptors (Lipinski definition) is 8. The maximum atomic E-state index is 14.0. The number of esters is 1. The van der Waals surface area contributed by atoms with Crippen molar-refractivity contribution in [2.75, 3.05) is 37.2 Å². The Labute approximate surface area is 208 Å². The second-order valence-electron chi connectivity index (χ2n) is 9.03. The number of aryl methyl sites for hydroxylation is 1. The third-order valence-corrected chi connectivity index (χ3v) is 7.82. The Morgan fingerprint density at radius 3 is 2.60 bits per heavy atom. The lowest BCUT2D eigenvalue weighted by Gasteiger charge is -2.32. The molecule has 35 heavy (non-hydrogen) atoms. The molecule has 8 nitrogen and oxygen atoms in total. The van der Waals surface area contributed by atoms with Crippen LogP contribution < -0.4 is 19.7 Å². The molecule has 3 aliphatic rings. The first-order chi connectivity index (χ1) is 16.9. The average Bonchev–Trinajstić information content (AvgIpc) is 3.36. The number of imide groups is 1. The SMILES string of the molecule is COC(=O)[C@@]1(CCSC)N[C@H](c2ccccc2C)[C@H]2C(=O)N(c3ccc4c(c3)OCCO4)C(=O)[C@H]21. The van der Waals surface area contributed by atoms with Gasteiger partial charge in [0.05, 0.1) is 24.6 Å². The lowest BCUT2D eigenvalue weighted by Crippen LogP contribution is -2.56. The number of rotatable bonds is 6. The number of hydrogen-bond donors (Lipinski definition) is 1. The van der Waals surface area contributed by atoms with Gasteiger partial charge in [0.2, 0.25) is 11.8 Å². The van der Waals surface area contributed by atoms with Crippen LogP contribution in [0.25, 0.3) is 0 Å². The maximum absolute atomic E-state index is 14.0. The Morgan fingerprint density at radius 2 is 1.89 bits per heavy atom. The Bertz CT molecular complexity index is 1190. The first kappa shape index (κ1) is 23.7. The Kier molecular flexibility index (Phi) is 6.23. The number of methoxy groups -OCH3 is 1. The van der Waals surface area contributed by atoms with E-state index in [1.807, 2.05) is 37.4 Å². The van der Waals surface area contributed by atoms with Gasteiger partial charge < -0.3 is 14.2 Å². The molecule has 1 N–H and O–H groups in total. The number of anilines is 1. The second kappa shape index (κ2) is 9.20. The van der Waals surface area contributed by atoms with Crippen molar-refractivity contribution in [3.05, 3.63) is 53.6 Å². The van der Waals surface area contributed by atoms with Gasteiger partial charge in [-0.05, 0) is 48.6 Å². The molecule has 2 aromatic rings. The summed E-state index contributed by atoms with van der Waals surface area (Å²) in [6.07, 6.45) is 2.30. The zero-order chi connectivity index (χ0) is 24.7. The highest BCUT2D eigenvalue weighted by Gasteiger charge is 2.68. The summed E-state index contributed by atoms with van der Waals surface area (Å²) in [6.45, 7) is 2.80. The number of thioether (sulfide) groups is 1. The highest BCUT2D eigenvalue weighted by Crippen LogP contribution is 2.52. The molecule has 0 unspecified atom stereocenters. The van der Waals surface area contributed by atoms with Crippen LogP contribution in [0.4, 0.5) is 5.69 Å². The predicted molar refractivity (Wildman–Crippen MR) is 132 cm³/mol. The summed E-state index contributed by atoms with van der Waals surface area (Å²) in [7, 11) is 1.32. The second-order valence-corrected chi connectivity index (χ2v) is 10.0. The fourth-order valence-corrected chi connectivity index (χ4v) is 6.12. The molecule has 4 atom stereocenters. The summed E-state index contributed by atoms with van der Waals surface area (Å²) in [6, 6.07) is 12.3. The topological polar surface area (TPSA) is 94.2 Å². The van der Waals surface area contributed by atoms with Crippen LogP contribution in [-0.4, -0.2) is 55.7 Å². The Hall–Kier alpha value is -3.04. The van der Waals surface area contributed by atoms with E-state index >= 15 is 0 Å². The zero-order valence-electron chi connectivity index (χ0n) is 19.9. The molecule has 2 amide bonds. The quantitative estimate of drug-likeness (QED) is 0.482. The van der Waals surface area contributed by atoms with E-state index in [9.17, 15) is 14.4 Å². The Morgan fingerprint density at radius 1 is 1.14 bits per heavy atom. The first-order valence-corrected chi connectivity index (χ1v) is 13.0. The van der Waals surface area contributed by atoms with Gasteiger partial charge in [-0.1, -0.05) is 24.3 Å². The van der Waals surface area contributed by atoms with Gasteiger partial charge in [0.25, 0.3) is 0 Å². The molecule has 0 aromatic heterocycles. The monoisotopic (exact) mass is 496 g/mol. The van der Waals surface area contributed by atoms with Crippen LogP contribution in [-0.2, 0) is 19.1 Å². The molecule has 2 aromatic carbocycles. The van der Waals surface area contributed by atoms with Crippen molar-refractivity contribution in [3.63, 3.8) is 0 Å². The van der Waals surface area contributed by atoms with Crippen LogP contribution in [0.2, 0.25) is 0 Å². The molecule has 184 valence electrons. The van der Waals surface area contributed by atoms with E-state index in [0.717, 1.165) is 11.1 Å².